The number of aromatic nitrogens is 2. The number of aromatic amines is 1. The highest BCUT2D eigenvalue weighted by molar-refractivity contribution is 5.96. The number of likely N-dealkylation sites (tertiary alicyclic amines) is 1. The summed E-state index contributed by atoms with van der Waals surface area (Å²) in [6.07, 6.45) is 6.23. The maximum absolute atomic E-state index is 12.7. The Hall–Kier alpha value is -1.32. The van der Waals surface area contributed by atoms with Crippen LogP contribution in [-0.4, -0.2) is 33.6 Å². The van der Waals surface area contributed by atoms with Crippen molar-refractivity contribution in [2.24, 2.45) is 5.92 Å². The fourth-order valence-corrected chi connectivity index (χ4v) is 3.72. The molecule has 0 aromatic carbocycles. The third-order valence-electron chi connectivity index (χ3n) is 4.60. The van der Waals surface area contributed by atoms with Gasteiger partial charge in [-0.2, -0.15) is 5.10 Å². The highest BCUT2D eigenvalue weighted by atomic mass is 16.2. The first kappa shape index (κ1) is 11.8. The Morgan fingerprint density at radius 3 is 2.78 bits per heavy atom. The molecule has 18 heavy (non-hydrogen) atoms. The fraction of sp³-hybridized carbons (Fsp3) is 0.714. The Morgan fingerprint density at radius 2 is 2.06 bits per heavy atom. The number of fused-ring (bicyclic) bond motifs is 1. The van der Waals surface area contributed by atoms with E-state index < -0.39 is 0 Å². The first-order chi connectivity index (χ1) is 8.68. The number of aryl methyl sites for hydroxylation is 2. The molecule has 1 amide bonds. The van der Waals surface area contributed by atoms with Gasteiger partial charge >= 0.3 is 0 Å². The Kier molecular flexibility index (Phi) is 2.88. The third kappa shape index (κ3) is 1.74. The van der Waals surface area contributed by atoms with Crippen LogP contribution in [0.25, 0.3) is 0 Å². The molecule has 0 spiro atoms. The normalized spacial score (nSPS) is 27.3. The average Bonchev–Trinajstić information content (AvgIpc) is 2.95. The lowest BCUT2D eigenvalue weighted by Crippen LogP contribution is -2.46. The van der Waals surface area contributed by atoms with Crippen LogP contribution in [0.15, 0.2) is 0 Å². The molecule has 2 heterocycles. The van der Waals surface area contributed by atoms with Gasteiger partial charge in [0.25, 0.3) is 5.91 Å². The van der Waals surface area contributed by atoms with Gasteiger partial charge in [0.1, 0.15) is 0 Å². The van der Waals surface area contributed by atoms with Gasteiger partial charge in [-0.1, -0.05) is 6.42 Å². The predicted octanol–water partition coefficient (Wildman–Crippen LogP) is 2.43. The molecular formula is C14H21N3O. The molecule has 2 unspecified atom stereocenters. The average molecular weight is 247 g/mol. The maximum atomic E-state index is 12.7. The molecule has 4 heteroatoms. The Labute approximate surface area is 108 Å². The van der Waals surface area contributed by atoms with Gasteiger partial charge in [0.15, 0.2) is 0 Å². The quantitative estimate of drug-likeness (QED) is 0.828. The van der Waals surface area contributed by atoms with Crippen LogP contribution in [0.3, 0.4) is 0 Å². The molecule has 98 valence electrons. The van der Waals surface area contributed by atoms with Crippen LogP contribution in [0.5, 0.6) is 0 Å². The largest absolute Gasteiger partial charge is 0.335 e. The summed E-state index contributed by atoms with van der Waals surface area (Å²) in [6.45, 7) is 4.76. The molecule has 0 bridgehead atoms. The van der Waals surface area contributed by atoms with Crippen molar-refractivity contribution in [1.29, 1.82) is 0 Å². The van der Waals surface area contributed by atoms with Gasteiger partial charge in [0.05, 0.1) is 11.3 Å². The first-order valence-electron chi connectivity index (χ1n) is 7.01. The zero-order valence-electron chi connectivity index (χ0n) is 11.2. The van der Waals surface area contributed by atoms with E-state index in [-0.39, 0.29) is 5.91 Å². The SMILES string of the molecule is Cc1n[nH]c(C)c1C(=O)N1CCCC2CCCC21. The van der Waals surface area contributed by atoms with Gasteiger partial charge in [-0.15, -0.1) is 0 Å². The number of rotatable bonds is 1. The monoisotopic (exact) mass is 247 g/mol. The number of piperidine rings is 1. The standard InChI is InChI=1S/C14H21N3O/c1-9-13(10(2)16-15-9)14(18)17-8-4-6-11-5-3-7-12(11)17/h11-12H,3-8H2,1-2H3,(H,15,16). The van der Waals surface area contributed by atoms with E-state index in [1.807, 2.05) is 13.8 Å². The number of carbonyl (C=O) groups excluding carboxylic acids is 1. The van der Waals surface area contributed by atoms with E-state index in [4.69, 9.17) is 0 Å². The van der Waals surface area contributed by atoms with Gasteiger partial charge in [-0.25, -0.2) is 0 Å². The van der Waals surface area contributed by atoms with Crippen molar-refractivity contribution < 1.29 is 4.79 Å². The van der Waals surface area contributed by atoms with Crippen molar-refractivity contribution in [2.75, 3.05) is 6.54 Å². The van der Waals surface area contributed by atoms with E-state index in [1.165, 1.54) is 25.7 Å². The number of hydrogen-bond donors (Lipinski definition) is 1. The summed E-state index contributed by atoms with van der Waals surface area (Å²) in [4.78, 5) is 14.8. The van der Waals surface area contributed by atoms with Gasteiger partial charge in [-0.3, -0.25) is 9.89 Å². The fourth-order valence-electron chi connectivity index (χ4n) is 3.72. The second kappa shape index (κ2) is 4.41. The van der Waals surface area contributed by atoms with E-state index in [2.05, 4.69) is 15.1 Å². The van der Waals surface area contributed by atoms with Gasteiger partial charge in [0, 0.05) is 18.3 Å². The lowest BCUT2D eigenvalue weighted by molar-refractivity contribution is 0.0547. The van der Waals surface area contributed by atoms with E-state index in [1.54, 1.807) is 0 Å². The highest BCUT2D eigenvalue weighted by Gasteiger charge is 2.38. The summed E-state index contributed by atoms with van der Waals surface area (Å²) in [5, 5.41) is 7.06. The number of H-pyrrole nitrogens is 1. The third-order valence-corrected chi connectivity index (χ3v) is 4.60. The minimum absolute atomic E-state index is 0.190. The van der Waals surface area contributed by atoms with Crippen LogP contribution >= 0.6 is 0 Å². The van der Waals surface area contributed by atoms with Crippen LogP contribution in [0.2, 0.25) is 0 Å². The number of carbonyl (C=O) groups is 1. The van der Waals surface area contributed by atoms with E-state index >= 15 is 0 Å². The summed E-state index contributed by atoms with van der Waals surface area (Å²) < 4.78 is 0. The Morgan fingerprint density at radius 1 is 1.28 bits per heavy atom. The molecule has 2 aliphatic rings. The lowest BCUT2D eigenvalue weighted by atomic mass is 9.91. The molecule has 2 fully saturated rings. The topological polar surface area (TPSA) is 49.0 Å². The second-order valence-corrected chi connectivity index (χ2v) is 5.71. The zero-order chi connectivity index (χ0) is 12.7. The minimum atomic E-state index is 0.190. The molecule has 1 aromatic heterocycles. The molecule has 3 rings (SSSR count). The molecule has 1 saturated heterocycles. The van der Waals surface area contributed by atoms with Crippen LogP contribution in [-0.2, 0) is 0 Å². The van der Waals surface area contributed by atoms with Crippen LogP contribution in [0.4, 0.5) is 0 Å². The van der Waals surface area contributed by atoms with Gasteiger partial charge in [0.2, 0.25) is 0 Å². The zero-order valence-corrected chi connectivity index (χ0v) is 11.2. The molecule has 1 saturated carbocycles. The highest BCUT2D eigenvalue weighted by Crippen LogP contribution is 2.37. The van der Waals surface area contributed by atoms with Crippen LogP contribution in [0.1, 0.15) is 53.8 Å². The summed E-state index contributed by atoms with van der Waals surface area (Å²) >= 11 is 0. The smallest absolute Gasteiger partial charge is 0.257 e. The number of nitrogens with one attached hydrogen (secondary N) is 1. The molecule has 2 atom stereocenters. The summed E-state index contributed by atoms with van der Waals surface area (Å²) in [6, 6.07) is 0.486. The van der Waals surface area contributed by atoms with Gasteiger partial charge in [-0.05, 0) is 45.4 Å². The molecule has 1 aliphatic carbocycles. The minimum Gasteiger partial charge on any atom is -0.335 e. The Balaban J connectivity index is 1.88. The van der Waals surface area contributed by atoms with Gasteiger partial charge < -0.3 is 4.90 Å². The number of hydrogen-bond acceptors (Lipinski definition) is 2. The van der Waals surface area contributed by atoms with Crippen molar-refractivity contribution >= 4 is 5.91 Å². The van der Waals surface area contributed by atoms with Crippen LogP contribution < -0.4 is 0 Å². The Bertz CT molecular complexity index is 446. The second-order valence-electron chi connectivity index (χ2n) is 5.71. The number of amides is 1. The van der Waals surface area contributed by atoms with Crippen molar-refractivity contribution in [1.82, 2.24) is 15.1 Å². The van der Waals surface area contributed by atoms with Crippen molar-refractivity contribution in [3.8, 4) is 0 Å². The van der Waals surface area contributed by atoms with Crippen LogP contribution in [0, 0.1) is 19.8 Å². The van der Waals surface area contributed by atoms with Crippen molar-refractivity contribution in [3.63, 3.8) is 0 Å². The molecular weight excluding hydrogens is 226 g/mol. The maximum Gasteiger partial charge on any atom is 0.257 e. The first-order valence-corrected chi connectivity index (χ1v) is 7.01. The number of nitrogens with zero attached hydrogens (tertiary/aromatic N) is 2. The molecule has 1 N–H and O–H groups in total. The van der Waals surface area contributed by atoms with Crippen molar-refractivity contribution in [2.45, 2.75) is 52.0 Å². The lowest BCUT2D eigenvalue weighted by Gasteiger charge is -2.37. The molecule has 1 aromatic rings. The molecule has 0 radical (unpaired) electrons. The molecule has 4 nitrogen and oxygen atoms in total. The summed E-state index contributed by atoms with van der Waals surface area (Å²) in [5.41, 5.74) is 2.53. The summed E-state index contributed by atoms with van der Waals surface area (Å²) in [7, 11) is 0. The van der Waals surface area contributed by atoms with E-state index in [0.717, 1.165) is 35.8 Å². The van der Waals surface area contributed by atoms with Crippen molar-refractivity contribution in [3.05, 3.63) is 17.0 Å². The van der Waals surface area contributed by atoms with E-state index in [9.17, 15) is 4.79 Å². The summed E-state index contributed by atoms with van der Waals surface area (Å²) in [5.74, 6) is 0.936. The predicted molar refractivity (Wildman–Crippen MR) is 69.5 cm³/mol. The van der Waals surface area contributed by atoms with E-state index in [0.29, 0.717) is 6.04 Å². The molecule has 1 aliphatic heterocycles.